The first-order valence-electron chi connectivity index (χ1n) is 9.99. The fourth-order valence-corrected chi connectivity index (χ4v) is 3.90. The van der Waals surface area contributed by atoms with E-state index in [9.17, 15) is 9.59 Å². The molecule has 0 aliphatic carbocycles. The predicted molar refractivity (Wildman–Crippen MR) is 109 cm³/mol. The van der Waals surface area contributed by atoms with Crippen LogP contribution < -0.4 is 5.32 Å². The van der Waals surface area contributed by atoms with Gasteiger partial charge in [-0.05, 0) is 37.0 Å². The quantitative estimate of drug-likeness (QED) is 0.859. The normalized spacial score (nSPS) is 21.3. The van der Waals surface area contributed by atoms with E-state index in [1.165, 1.54) is 4.90 Å². The van der Waals surface area contributed by atoms with Gasteiger partial charge in [-0.25, -0.2) is 14.5 Å². The summed E-state index contributed by atoms with van der Waals surface area (Å²) < 4.78 is 1.83. The number of imide groups is 1. The van der Waals surface area contributed by atoms with E-state index >= 15 is 0 Å². The summed E-state index contributed by atoms with van der Waals surface area (Å²) in [5.41, 5.74) is 4.25. The first-order chi connectivity index (χ1) is 13.9. The van der Waals surface area contributed by atoms with Gasteiger partial charge >= 0.3 is 6.03 Å². The van der Waals surface area contributed by atoms with Gasteiger partial charge in [0.15, 0.2) is 12.2 Å². The molecule has 2 atom stereocenters. The third-order valence-corrected chi connectivity index (χ3v) is 5.69. The Hall–Kier alpha value is -3.16. The van der Waals surface area contributed by atoms with Crippen molar-refractivity contribution < 1.29 is 9.59 Å². The van der Waals surface area contributed by atoms with Crippen molar-refractivity contribution in [1.29, 1.82) is 0 Å². The zero-order valence-corrected chi connectivity index (χ0v) is 17.2. The number of aliphatic imine (C=N–C) groups is 1. The number of nitrogens with zero attached hydrogens (tertiary/aromatic N) is 5. The number of rotatable bonds is 4. The molecule has 2 unspecified atom stereocenters. The standard InChI is InChI=1S/C21H26N6O2/c1-5-15-11-16(6-2)27(24-15)20-22-18-17(19(28)23-21(29)25(18)4)26(20)12-14-10-8-7-9-13(14)3/h7-11,17-18H,5-6,12H2,1-4H3,(H,23,28,29). The van der Waals surface area contributed by atoms with Crippen molar-refractivity contribution in [2.45, 2.75) is 52.4 Å². The Labute approximate surface area is 170 Å². The van der Waals surface area contributed by atoms with Gasteiger partial charge in [0, 0.05) is 19.3 Å². The molecule has 1 aromatic heterocycles. The molecule has 8 nitrogen and oxygen atoms in total. The van der Waals surface area contributed by atoms with E-state index in [1.54, 1.807) is 7.05 Å². The molecule has 0 saturated carbocycles. The number of amides is 3. The highest BCUT2D eigenvalue weighted by Crippen LogP contribution is 2.28. The molecule has 152 valence electrons. The molecule has 8 heteroatoms. The molecular weight excluding hydrogens is 368 g/mol. The minimum atomic E-state index is -0.591. The highest BCUT2D eigenvalue weighted by Gasteiger charge is 2.49. The Morgan fingerprint density at radius 3 is 2.59 bits per heavy atom. The first kappa shape index (κ1) is 19.2. The Morgan fingerprint density at radius 2 is 1.90 bits per heavy atom. The van der Waals surface area contributed by atoms with Gasteiger partial charge in [0.2, 0.25) is 5.96 Å². The van der Waals surface area contributed by atoms with E-state index in [0.717, 1.165) is 35.4 Å². The first-order valence-corrected chi connectivity index (χ1v) is 9.99. The lowest BCUT2D eigenvalue weighted by molar-refractivity contribution is -0.127. The number of aryl methyl sites for hydroxylation is 3. The summed E-state index contributed by atoms with van der Waals surface area (Å²) in [6.07, 6.45) is 1.03. The van der Waals surface area contributed by atoms with Crippen LogP contribution >= 0.6 is 0 Å². The molecule has 1 N–H and O–H groups in total. The fourth-order valence-electron chi connectivity index (χ4n) is 3.90. The second-order valence-electron chi connectivity index (χ2n) is 7.49. The van der Waals surface area contributed by atoms with Crippen LogP contribution in [0.15, 0.2) is 35.3 Å². The number of benzene rings is 1. The molecule has 1 fully saturated rings. The van der Waals surface area contributed by atoms with Gasteiger partial charge < -0.3 is 9.80 Å². The lowest BCUT2D eigenvalue weighted by atomic mass is 10.1. The zero-order valence-electron chi connectivity index (χ0n) is 17.2. The van der Waals surface area contributed by atoms with E-state index in [2.05, 4.69) is 44.3 Å². The Morgan fingerprint density at radius 1 is 1.14 bits per heavy atom. The molecule has 29 heavy (non-hydrogen) atoms. The molecule has 2 aliphatic heterocycles. The van der Waals surface area contributed by atoms with Crippen LogP contribution in [0.4, 0.5) is 4.79 Å². The molecule has 0 spiro atoms. The third-order valence-electron chi connectivity index (χ3n) is 5.69. The van der Waals surface area contributed by atoms with E-state index in [4.69, 9.17) is 10.1 Å². The summed E-state index contributed by atoms with van der Waals surface area (Å²) in [4.78, 5) is 33.2. The summed E-state index contributed by atoms with van der Waals surface area (Å²) >= 11 is 0. The second kappa shape index (κ2) is 7.35. The van der Waals surface area contributed by atoms with Crippen LogP contribution in [-0.4, -0.2) is 56.7 Å². The molecular formula is C21H26N6O2. The van der Waals surface area contributed by atoms with Crippen LogP contribution in [0.1, 0.15) is 36.4 Å². The monoisotopic (exact) mass is 394 g/mol. The van der Waals surface area contributed by atoms with Gasteiger partial charge in [0.1, 0.15) is 0 Å². The summed E-state index contributed by atoms with van der Waals surface area (Å²) in [6, 6.07) is 9.15. The highest BCUT2D eigenvalue weighted by molar-refractivity contribution is 6.04. The predicted octanol–water partition coefficient (Wildman–Crippen LogP) is 1.91. The lowest BCUT2D eigenvalue weighted by Crippen LogP contribution is -2.63. The fraction of sp³-hybridized carbons (Fsp3) is 0.429. The van der Waals surface area contributed by atoms with Crippen molar-refractivity contribution in [3.63, 3.8) is 0 Å². The molecule has 2 aromatic rings. The van der Waals surface area contributed by atoms with Gasteiger partial charge in [0.05, 0.1) is 5.69 Å². The number of likely N-dealkylation sites (N-methyl/N-ethyl adjacent to an activating group) is 1. The molecule has 3 heterocycles. The largest absolute Gasteiger partial charge is 0.325 e. The molecule has 0 radical (unpaired) electrons. The zero-order chi connectivity index (χ0) is 20.7. The van der Waals surface area contributed by atoms with Crippen molar-refractivity contribution >= 4 is 17.9 Å². The minimum Gasteiger partial charge on any atom is -0.321 e. The maximum Gasteiger partial charge on any atom is 0.325 e. The number of urea groups is 1. The minimum absolute atomic E-state index is 0.327. The summed E-state index contributed by atoms with van der Waals surface area (Å²) in [7, 11) is 1.67. The van der Waals surface area contributed by atoms with Crippen LogP contribution in [-0.2, 0) is 24.2 Å². The molecule has 1 aromatic carbocycles. The van der Waals surface area contributed by atoms with Gasteiger partial charge in [-0.15, -0.1) is 0 Å². The Kier molecular flexibility index (Phi) is 4.86. The average molecular weight is 394 g/mol. The van der Waals surface area contributed by atoms with Crippen LogP contribution in [0.2, 0.25) is 0 Å². The summed E-state index contributed by atoms with van der Waals surface area (Å²) in [5.74, 6) is 0.280. The van der Waals surface area contributed by atoms with Gasteiger partial charge in [0.25, 0.3) is 5.91 Å². The number of fused-ring (bicyclic) bond motifs is 1. The maximum atomic E-state index is 12.8. The lowest BCUT2D eigenvalue weighted by Gasteiger charge is -2.36. The highest BCUT2D eigenvalue weighted by atomic mass is 16.2. The number of nitrogens with one attached hydrogen (secondary N) is 1. The van der Waals surface area contributed by atoms with Crippen molar-refractivity contribution in [3.8, 4) is 0 Å². The molecule has 1 saturated heterocycles. The van der Waals surface area contributed by atoms with Gasteiger partial charge in [-0.2, -0.15) is 5.10 Å². The van der Waals surface area contributed by atoms with Gasteiger partial charge in [-0.1, -0.05) is 38.1 Å². The van der Waals surface area contributed by atoms with Crippen molar-refractivity contribution in [2.24, 2.45) is 4.99 Å². The van der Waals surface area contributed by atoms with Crippen LogP contribution in [0, 0.1) is 6.92 Å². The van der Waals surface area contributed by atoms with Crippen LogP contribution in [0.3, 0.4) is 0 Å². The SMILES string of the molecule is CCc1cc(CC)n(C2=NC3C(C(=O)NC(=O)N3C)N2Cc2ccccc2C)n1. The third kappa shape index (κ3) is 3.18. The maximum absolute atomic E-state index is 12.8. The summed E-state index contributed by atoms with van der Waals surface area (Å²) in [5, 5.41) is 7.18. The Balaban J connectivity index is 1.81. The molecule has 2 aliphatic rings. The van der Waals surface area contributed by atoms with E-state index in [1.807, 2.05) is 21.7 Å². The molecule has 4 rings (SSSR count). The second-order valence-corrected chi connectivity index (χ2v) is 7.49. The molecule has 0 bridgehead atoms. The van der Waals surface area contributed by atoms with E-state index in [-0.39, 0.29) is 5.91 Å². The summed E-state index contributed by atoms with van der Waals surface area (Å²) in [6.45, 7) is 6.69. The number of hydrogen-bond acceptors (Lipinski definition) is 5. The topological polar surface area (TPSA) is 82.8 Å². The average Bonchev–Trinajstić information content (AvgIpc) is 3.29. The van der Waals surface area contributed by atoms with E-state index in [0.29, 0.717) is 12.5 Å². The Bertz CT molecular complexity index is 995. The van der Waals surface area contributed by atoms with Crippen LogP contribution in [0.25, 0.3) is 0 Å². The van der Waals surface area contributed by atoms with Crippen LogP contribution in [0.5, 0.6) is 0 Å². The number of carbonyl (C=O) groups is 2. The number of hydrogen-bond donors (Lipinski definition) is 1. The van der Waals surface area contributed by atoms with Crippen molar-refractivity contribution in [3.05, 3.63) is 52.8 Å². The molecule has 3 amide bonds. The van der Waals surface area contributed by atoms with Gasteiger partial charge in [-0.3, -0.25) is 10.1 Å². The van der Waals surface area contributed by atoms with Crippen molar-refractivity contribution in [1.82, 2.24) is 24.9 Å². The smallest absolute Gasteiger partial charge is 0.321 e. The van der Waals surface area contributed by atoms with E-state index < -0.39 is 18.2 Å². The van der Waals surface area contributed by atoms with Crippen molar-refractivity contribution in [2.75, 3.05) is 7.05 Å². The number of aromatic nitrogens is 2. The number of carbonyl (C=O) groups excluding carboxylic acids is 2.